The molecule has 1 aromatic carbocycles. The van der Waals surface area contributed by atoms with Gasteiger partial charge in [-0.25, -0.2) is 4.39 Å². The molecule has 0 spiro atoms. The largest absolute Gasteiger partial charge is 0.396 e. The van der Waals surface area contributed by atoms with Crippen LogP contribution >= 0.6 is 0 Å². The molecule has 154 valence electrons. The highest BCUT2D eigenvalue weighted by molar-refractivity contribution is 5.97. The van der Waals surface area contributed by atoms with E-state index >= 15 is 0 Å². The molecule has 1 aliphatic rings. The summed E-state index contributed by atoms with van der Waals surface area (Å²) in [4.78, 5) is 17.4. The highest BCUT2D eigenvalue weighted by atomic mass is 19.1. The summed E-state index contributed by atoms with van der Waals surface area (Å²) in [6.45, 7) is 9.84. The van der Waals surface area contributed by atoms with Gasteiger partial charge >= 0.3 is 0 Å². The summed E-state index contributed by atoms with van der Waals surface area (Å²) in [5.41, 5.74) is 1.61. The zero-order valence-corrected chi connectivity index (χ0v) is 17.4. The first-order chi connectivity index (χ1) is 13.4. The first-order valence-electron chi connectivity index (χ1n) is 10.4. The molecule has 0 aromatic heterocycles. The first-order valence-corrected chi connectivity index (χ1v) is 10.4. The van der Waals surface area contributed by atoms with Crippen molar-refractivity contribution in [2.24, 2.45) is 22.7 Å². The van der Waals surface area contributed by atoms with Gasteiger partial charge in [0.05, 0.1) is 5.71 Å². The smallest absolute Gasteiger partial charge is 0.163 e. The Hall–Kier alpha value is -1.81. The average Bonchev–Trinajstić information content (AvgIpc) is 2.99. The first kappa shape index (κ1) is 22.5. The number of rotatable bonds is 10. The number of hydrogen-bond donors (Lipinski definition) is 1. The summed E-state index contributed by atoms with van der Waals surface area (Å²) in [6.07, 6.45) is 3.36. The minimum atomic E-state index is -1.11. The number of aliphatic hydroxyl groups is 1. The Balaban J connectivity index is 2.06. The van der Waals surface area contributed by atoms with Crippen molar-refractivity contribution in [3.05, 3.63) is 48.6 Å². The average molecular weight is 388 g/mol. The van der Waals surface area contributed by atoms with Crippen molar-refractivity contribution in [2.75, 3.05) is 6.61 Å². The molecular formula is C24H34FNO2. The van der Waals surface area contributed by atoms with Gasteiger partial charge < -0.3 is 5.11 Å². The zero-order chi connectivity index (χ0) is 20.7. The third-order valence-electron chi connectivity index (χ3n) is 6.01. The molecule has 1 fully saturated rings. The molecule has 1 aliphatic carbocycles. The minimum Gasteiger partial charge on any atom is -0.396 e. The van der Waals surface area contributed by atoms with Gasteiger partial charge in [-0.05, 0) is 36.7 Å². The van der Waals surface area contributed by atoms with E-state index < -0.39 is 12.2 Å². The molecule has 0 bridgehead atoms. The van der Waals surface area contributed by atoms with E-state index in [9.17, 15) is 9.18 Å². The van der Waals surface area contributed by atoms with E-state index in [1.54, 1.807) is 0 Å². The molecule has 3 nitrogen and oxygen atoms in total. The summed E-state index contributed by atoms with van der Waals surface area (Å²) in [6, 6.07) is 9.28. The number of nitrogens with zero attached hydrogens (tertiary/aromatic N) is 1. The highest BCUT2D eigenvalue weighted by Gasteiger charge is 2.39. The Morgan fingerprint density at radius 1 is 1.32 bits per heavy atom. The molecular weight excluding hydrogens is 353 g/mol. The maximum absolute atomic E-state index is 14.8. The van der Waals surface area contributed by atoms with Crippen LogP contribution in [0.5, 0.6) is 0 Å². The third-order valence-corrected chi connectivity index (χ3v) is 6.01. The summed E-state index contributed by atoms with van der Waals surface area (Å²) < 4.78 is 14.8. The van der Waals surface area contributed by atoms with Crippen LogP contribution in [-0.2, 0) is 4.79 Å². The normalized spacial score (nSPS) is 26.8. The monoisotopic (exact) mass is 387 g/mol. The zero-order valence-electron chi connectivity index (χ0n) is 17.4. The van der Waals surface area contributed by atoms with Crippen LogP contribution in [0.4, 0.5) is 4.39 Å². The summed E-state index contributed by atoms with van der Waals surface area (Å²) in [5, 5.41) is 9.11. The van der Waals surface area contributed by atoms with Crippen molar-refractivity contribution in [3.63, 3.8) is 0 Å². The molecule has 6 atom stereocenters. The fourth-order valence-electron chi connectivity index (χ4n) is 4.05. The number of aliphatic imine (C=N–C) groups is 1. The van der Waals surface area contributed by atoms with Crippen molar-refractivity contribution >= 4 is 11.5 Å². The van der Waals surface area contributed by atoms with E-state index in [2.05, 4.69) is 11.6 Å². The second-order valence-corrected chi connectivity index (χ2v) is 8.27. The fourth-order valence-corrected chi connectivity index (χ4v) is 4.05. The number of hydrogen-bond acceptors (Lipinski definition) is 3. The quantitative estimate of drug-likeness (QED) is 0.565. The van der Waals surface area contributed by atoms with Gasteiger partial charge in [-0.2, -0.15) is 0 Å². The number of benzene rings is 1. The number of Topliss-reactive ketones (excluding diaryl/α,β-unsaturated/α-hetero) is 1. The molecule has 1 saturated carbocycles. The van der Waals surface area contributed by atoms with Crippen molar-refractivity contribution in [3.8, 4) is 0 Å². The van der Waals surface area contributed by atoms with E-state index in [0.29, 0.717) is 12.1 Å². The van der Waals surface area contributed by atoms with Crippen LogP contribution in [0, 0.1) is 17.8 Å². The predicted octanol–water partition coefficient (Wildman–Crippen LogP) is 5.15. The van der Waals surface area contributed by atoms with Crippen molar-refractivity contribution in [2.45, 2.75) is 64.6 Å². The molecule has 0 heterocycles. The number of alkyl halides is 1. The molecule has 0 aliphatic heterocycles. The third kappa shape index (κ3) is 5.60. The van der Waals surface area contributed by atoms with E-state index in [0.717, 1.165) is 24.8 Å². The van der Waals surface area contributed by atoms with E-state index in [1.807, 2.05) is 51.1 Å². The van der Waals surface area contributed by atoms with Gasteiger partial charge in [0.25, 0.3) is 0 Å². The van der Waals surface area contributed by atoms with Crippen LogP contribution in [0.2, 0.25) is 0 Å². The predicted molar refractivity (Wildman–Crippen MR) is 114 cm³/mol. The molecule has 0 radical (unpaired) electrons. The van der Waals surface area contributed by atoms with Crippen molar-refractivity contribution in [1.82, 2.24) is 0 Å². The van der Waals surface area contributed by atoms with Gasteiger partial charge in [0, 0.05) is 18.4 Å². The topological polar surface area (TPSA) is 49.7 Å². The minimum absolute atomic E-state index is 0.00159. The molecule has 0 amide bonds. The standard InChI is InChI=1S/C24H34FNO2/c1-5-22(24(28)17(3)11-9-10-16(2)15-27)26-23-18(4)20(14-21(23)25)19-12-7-6-8-13-19/h5-8,12-13,16-18,20-22,27H,1,9-11,14-15H2,2-4H3/b26-23+/t16-,17?,18?,20-,21?,22?/m1/s1. The van der Waals surface area contributed by atoms with E-state index in [-0.39, 0.29) is 36.1 Å². The number of halogens is 1. The van der Waals surface area contributed by atoms with E-state index in [1.165, 1.54) is 6.08 Å². The lowest BCUT2D eigenvalue weighted by Gasteiger charge is -2.18. The van der Waals surface area contributed by atoms with Gasteiger partial charge in [-0.15, -0.1) is 6.58 Å². The summed E-state index contributed by atoms with van der Waals surface area (Å²) >= 11 is 0. The van der Waals surface area contributed by atoms with Crippen LogP contribution in [0.25, 0.3) is 0 Å². The second kappa shape index (κ2) is 10.7. The summed E-state index contributed by atoms with van der Waals surface area (Å²) in [7, 11) is 0. The molecule has 4 unspecified atom stereocenters. The lowest BCUT2D eigenvalue weighted by atomic mass is 9.89. The van der Waals surface area contributed by atoms with E-state index in [4.69, 9.17) is 5.11 Å². The Kier molecular flexibility index (Phi) is 8.56. The number of aliphatic hydroxyl groups excluding tert-OH is 1. The molecule has 2 rings (SSSR count). The Morgan fingerprint density at radius 2 is 2.00 bits per heavy atom. The molecule has 28 heavy (non-hydrogen) atoms. The number of carbonyl (C=O) groups excluding carboxylic acids is 1. The maximum Gasteiger partial charge on any atom is 0.163 e. The Labute approximate surface area is 168 Å². The fraction of sp³-hybridized carbons (Fsp3) is 0.583. The van der Waals surface area contributed by atoms with Gasteiger partial charge in [-0.3, -0.25) is 9.79 Å². The molecule has 4 heteroatoms. The number of carbonyl (C=O) groups is 1. The lowest BCUT2D eigenvalue weighted by molar-refractivity contribution is -0.122. The maximum atomic E-state index is 14.8. The SMILES string of the molecule is C=CC(/N=C1/C(F)C[C@@H](c2ccccc2)C1C)C(=O)C(C)CCC[C@@H](C)CO. The van der Waals surface area contributed by atoms with Crippen molar-refractivity contribution in [1.29, 1.82) is 0 Å². The Bertz CT molecular complexity index is 672. The van der Waals surface area contributed by atoms with Gasteiger partial charge in [0.1, 0.15) is 12.2 Å². The molecule has 1 N–H and O–H groups in total. The highest BCUT2D eigenvalue weighted by Crippen LogP contribution is 2.39. The Morgan fingerprint density at radius 3 is 2.61 bits per heavy atom. The van der Waals surface area contributed by atoms with Crippen LogP contribution in [0.1, 0.15) is 57.9 Å². The van der Waals surface area contributed by atoms with Crippen LogP contribution in [0.15, 0.2) is 48.0 Å². The van der Waals surface area contributed by atoms with Crippen molar-refractivity contribution < 1.29 is 14.3 Å². The molecule has 0 saturated heterocycles. The van der Waals surface area contributed by atoms with Gasteiger partial charge in [-0.1, -0.05) is 63.6 Å². The van der Waals surface area contributed by atoms with Crippen LogP contribution in [0.3, 0.4) is 0 Å². The number of ketones is 1. The van der Waals surface area contributed by atoms with Crippen LogP contribution in [-0.4, -0.2) is 35.4 Å². The second-order valence-electron chi connectivity index (χ2n) is 8.27. The summed E-state index contributed by atoms with van der Waals surface area (Å²) in [5.74, 6) is 0.153. The lowest BCUT2D eigenvalue weighted by Crippen LogP contribution is -2.27. The van der Waals surface area contributed by atoms with Gasteiger partial charge in [0.2, 0.25) is 0 Å². The van der Waals surface area contributed by atoms with Gasteiger partial charge in [0.15, 0.2) is 5.78 Å². The molecule has 1 aromatic rings. The van der Waals surface area contributed by atoms with Crippen LogP contribution < -0.4 is 0 Å².